The third-order valence-electron chi connectivity index (χ3n) is 4.58. The maximum Gasteiger partial charge on any atom is 0.223 e. The van der Waals surface area contributed by atoms with E-state index in [1.54, 1.807) is 6.20 Å². The van der Waals surface area contributed by atoms with Gasteiger partial charge in [-0.25, -0.2) is 9.97 Å². The first-order valence-electron chi connectivity index (χ1n) is 9.16. The van der Waals surface area contributed by atoms with E-state index in [9.17, 15) is 4.79 Å². The maximum atomic E-state index is 11.4. The number of nitrogens with one attached hydrogen (secondary N) is 1. The molecule has 0 fully saturated rings. The molecule has 0 saturated heterocycles. The van der Waals surface area contributed by atoms with Crippen LogP contribution in [0.5, 0.6) is 0 Å². The Balaban J connectivity index is 1.88. The molecule has 3 heterocycles. The Morgan fingerprint density at radius 3 is 2.93 bits per heavy atom. The predicted octanol–water partition coefficient (Wildman–Crippen LogP) is 3.51. The van der Waals surface area contributed by atoms with E-state index in [0.717, 1.165) is 59.8 Å². The molecule has 3 N–H and O–H groups in total. The normalized spacial score (nSPS) is 13.0. The van der Waals surface area contributed by atoms with Gasteiger partial charge < -0.3 is 11.1 Å². The number of nitrogen functional groups attached to an aromatic ring is 1. The minimum atomic E-state index is -0.102. The van der Waals surface area contributed by atoms with Crippen LogP contribution in [-0.4, -0.2) is 25.7 Å². The van der Waals surface area contributed by atoms with Crippen LogP contribution in [-0.2, 0) is 24.2 Å². The van der Waals surface area contributed by atoms with Gasteiger partial charge in [-0.2, -0.15) is 5.10 Å². The summed E-state index contributed by atoms with van der Waals surface area (Å²) >= 11 is 1.53. The van der Waals surface area contributed by atoms with Crippen LogP contribution < -0.4 is 11.1 Å². The molecule has 0 spiro atoms. The topological polar surface area (TPSA) is 98.7 Å². The molecule has 0 bridgehead atoms. The Hall–Kier alpha value is -2.74. The molecule has 0 radical (unpaired) electrons. The van der Waals surface area contributed by atoms with Crippen LogP contribution in [0.2, 0.25) is 0 Å². The molecule has 0 aliphatic heterocycles. The summed E-state index contributed by atoms with van der Waals surface area (Å²) in [6.07, 6.45) is 5.61. The van der Waals surface area contributed by atoms with E-state index in [2.05, 4.69) is 26.9 Å². The second kappa shape index (κ2) is 7.11. The molecule has 1 amide bonds. The van der Waals surface area contributed by atoms with Crippen molar-refractivity contribution in [3.8, 4) is 21.8 Å². The number of pyridine rings is 1. The molecule has 0 unspecified atom stereocenters. The van der Waals surface area contributed by atoms with Crippen LogP contribution in [0.15, 0.2) is 18.3 Å². The summed E-state index contributed by atoms with van der Waals surface area (Å²) in [6.45, 7) is 4.48. The van der Waals surface area contributed by atoms with Gasteiger partial charge in [-0.15, -0.1) is 0 Å². The van der Waals surface area contributed by atoms with Gasteiger partial charge in [-0.05, 0) is 37.8 Å². The summed E-state index contributed by atoms with van der Waals surface area (Å²) < 4.78 is 2.08. The number of aryl methyl sites for hydroxylation is 2. The standard InChI is InChI=1S/C19H22N6OS/c1-3-9-25-17-13(16(24-25)12-7-8-15(20)21-10-12)5-4-6-14-18(17)27-19(23-14)22-11(2)26/h7-8,10H,3-6,9H2,1-2H3,(H2,20,21)(H,22,23,26). The Labute approximate surface area is 161 Å². The van der Waals surface area contributed by atoms with E-state index >= 15 is 0 Å². The molecule has 3 aromatic rings. The molecule has 1 aliphatic carbocycles. The third kappa shape index (κ3) is 3.32. The number of carbonyl (C=O) groups is 1. The highest BCUT2D eigenvalue weighted by Gasteiger charge is 2.27. The molecule has 1 aliphatic rings. The minimum absolute atomic E-state index is 0.102. The van der Waals surface area contributed by atoms with Crippen molar-refractivity contribution in [2.75, 3.05) is 11.1 Å². The van der Waals surface area contributed by atoms with Crippen molar-refractivity contribution in [1.82, 2.24) is 19.7 Å². The van der Waals surface area contributed by atoms with E-state index in [-0.39, 0.29) is 5.91 Å². The summed E-state index contributed by atoms with van der Waals surface area (Å²) in [5.41, 5.74) is 11.1. The number of nitrogens with two attached hydrogens (primary N) is 1. The first-order valence-corrected chi connectivity index (χ1v) is 9.97. The summed E-state index contributed by atoms with van der Waals surface area (Å²) in [5, 5.41) is 8.40. The van der Waals surface area contributed by atoms with E-state index in [0.29, 0.717) is 10.9 Å². The molecule has 4 rings (SSSR count). The Bertz CT molecular complexity index is 989. The van der Waals surface area contributed by atoms with Crippen LogP contribution in [0.1, 0.15) is 37.9 Å². The number of amides is 1. The van der Waals surface area contributed by atoms with Crippen molar-refractivity contribution in [3.05, 3.63) is 29.6 Å². The smallest absolute Gasteiger partial charge is 0.223 e. The van der Waals surface area contributed by atoms with Crippen LogP contribution in [0, 0.1) is 0 Å². The number of hydrogen-bond acceptors (Lipinski definition) is 6. The third-order valence-corrected chi connectivity index (χ3v) is 5.60. The lowest BCUT2D eigenvalue weighted by molar-refractivity contribution is -0.114. The zero-order valence-corrected chi connectivity index (χ0v) is 16.3. The highest BCUT2D eigenvalue weighted by Crippen LogP contribution is 2.42. The van der Waals surface area contributed by atoms with Gasteiger partial charge >= 0.3 is 0 Å². The molecule has 27 heavy (non-hydrogen) atoms. The van der Waals surface area contributed by atoms with Gasteiger partial charge in [0, 0.05) is 30.8 Å². The summed E-state index contributed by atoms with van der Waals surface area (Å²) in [6, 6.07) is 3.78. The molecule has 7 nitrogen and oxygen atoms in total. The van der Waals surface area contributed by atoms with Crippen LogP contribution in [0.3, 0.4) is 0 Å². The lowest BCUT2D eigenvalue weighted by Crippen LogP contribution is -2.05. The zero-order chi connectivity index (χ0) is 19.0. The summed E-state index contributed by atoms with van der Waals surface area (Å²) in [7, 11) is 0. The van der Waals surface area contributed by atoms with Crippen LogP contribution >= 0.6 is 11.3 Å². The van der Waals surface area contributed by atoms with Crippen molar-refractivity contribution in [2.45, 2.75) is 46.1 Å². The van der Waals surface area contributed by atoms with Crippen molar-refractivity contribution in [1.29, 1.82) is 0 Å². The summed E-state index contributed by atoms with van der Waals surface area (Å²) in [4.78, 5) is 21.5. The fourth-order valence-corrected chi connectivity index (χ4v) is 4.62. The molecule has 0 saturated carbocycles. The number of fused-ring (bicyclic) bond motifs is 3. The fourth-order valence-electron chi connectivity index (χ4n) is 3.48. The first-order chi connectivity index (χ1) is 13.1. The van der Waals surface area contributed by atoms with E-state index in [1.165, 1.54) is 23.8 Å². The van der Waals surface area contributed by atoms with E-state index in [4.69, 9.17) is 10.8 Å². The van der Waals surface area contributed by atoms with Crippen LogP contribution in [0.25, 0.3) is 21.8 Å². The van der Waals surface area contributed by atoms with Gasteiger partial charge in [0.15, 0.2) is 5.13 Å². The second-order valence-corrected chi connectivity index (χ2v) is 7.70. The lowest BCUT2D eigenvalue weighted by Gasteiger charge is -2.05. The lowest BCUT2D eigenvalue weighted by atomic mass is 10.0. The highest BCUT2D eigenvalue weighted by atomic mass is 32.1. The Morgan fingerprint density at radius 2 is 2.22 bits per heavy atom. The number of rotatable bonds is 4. The SMILES string of the molecule is CCCn1nc(-c2ccc(N)nc2)c2c1-c1sc(NC(C)=O)nc1CCC2. The largest absolute Gasteiger partial charge is 0.384 e. The van der Waals surface area contributed by atoms with Crippen molar-refractivity contribution >= 4 is 28.2 Å². The van der Waals surface area contributed by atoms with Crippen molar-refractivity contribution in [2.24, 2.45) is 0 Å². The molecular formula is C19H22N6OS. The minimum Gasteiger partial charge on any atom is -0.384 e. The van der Waals surface area contributed by atoms with Gasteiger partial charge in [0.1, 0.15) is 5.82 Å². The molecular weight excluding hydrogens is 360 g/mol. The molecule has 8 heteroatoms. The summed E-state index contributed by atoms with van der Waals surface area (Å²) in [5.74, 6) is 0.400. The van der Waals surface area contributed by atoms with E-state index < -0.39 is 0 Å². The van der Waals surface area contributed by atoms with E-state index in [1.807, 2.05) is 12.1 Å². The maximum absolute atomic E-state index is 11.4. The van der Waals surface area contributed by atoms with Gasteiger partial charge in [0.2, 0.25) is 5.91 Å². The number of aromatic nitrogens is 4. The second-order valence-electron chi connectivity index (χ2n) is 6.70. The van der Waals surface area contributed by atoms with Crippen molar-refractivity contribution in [3.63, 3.8) is 0 Å². The monoisotopic (exact) mass is 382 g/mol. The first kappa shape index (κ1) is 17.7. The molecule has 0 atom stereocenters. The van der Waals surface area contributed by atoms with Crippen LogP contribution in [0.4, 0.5) is 10.9 Å². The number of carbonyl (C=O) groups excluding carboxylic acids is 1. The van der Waals surface area contributed by atoms with Gasteiger partial charge in [-0.1, -0.05) is 18.3 Å². The number of thiazole rings is 1. The van der Waals surface area contributed by atoms with Crippen molar-refractivity contribution < 1.29 is 4.79 Å². The number of hydrogen-bond donors (Lipinski definition) is 2. The fraction of sp³-hybridized carbons (Fsp3) is 0.368. The molecule has 3 aromatic heterocycles. The molecule has 0 aromatic carbocycles. The van der Waals surface area contributed by atoms with Gasteiger partial charge in [0.25, 0.3) is 0 Å². The average Bonchev–Trinajstić information content (AvgIpc) is 3.12. The van der Waals surface area contributed by atoms with Gasteiger partial charge in [-0.3, -0.25) is 9.48 Å². The predicted molar refractivity (Wildman–Crippen MR) is 108 cm³/mol. The number of anilines is 2. The molecule has 140 valence electrons. The quantitative estimate of drug-likeness (QED) is 0.719. The average molecular weight is 382 g/mol. The Kier molecular flexibility index (Phi) is 4.65. The number of nitrogens with zero attached hydrogens (tertiary/aromatic N) is 4. The van der Waals surface area contributed by atoms with Gasteiger partial charge in [0.05, 0.1) is 22.0 Å². The Morgan fingerprint density at radius 1 is 1.37 bits per heavy atom. The highest BCUT2D eigenvalue weighted by molar-refractivity contribution is 7.19. The zero-order valence-electron chi connectivity index (χ0n) is 15.5.